The Bertz CT molecular complexity index is 1350. The van der Waals surface area contributed by atoms with Crippen molar-refractivity contribution in [3.8, 4) is 11.1 Å². The number of aryl methyl sites for hydroxylation is 2. The predicted octanol–water partition coefficient (Wildman–Crippen LogP) is 5.18. The number of fused-ring (bicyclic) bond motifs is 3. The molecule has 0 unspecified atom stereocenters. The van der Waals surface area contributed by atoms with E-state index in [1.165, 1.54) is 12.1 Å². The lowest BCUT2D eigenvalue weighted by Crippen LogP contribution is -2.01. The first-order chi connectivity index (χ1) is 14.7. The fourth-order valence-corrected chi connectivity index (χ4v) is 3.75. The Labute approximate surface area is 174 Å². The fourth-order valence-electron chi connectivity index (χ4n) is 3.75. The number of para-hydroxylation sites is 1. The van der Waals surface area contributed by atoms with Crippen LogP contribution in [0.3, 0.4) is 0 Å². The van der Waals surface area contributed by atoms with E-state index in [2.05, 4.69) is 4.99 Å². The van der Waals surface area contributed by atoms with Gasteiger partial charge in [-0.15, -0.1) is 0 Å². The molecule has 0 spiro atoms. The molecule has 0 N–H and O–H groups in total. The van der Waals surface area contributed by atoms with Crippen LogP contribution in [0.15, 0.2) is 53.5 Å². The first-order valence-corrected chi connectivity index (χ1v) is 9.10. The van der Waals surface area contributed by atoms with Crippen molar-refractivity contribution in [1.29, 1.82) is 0 Å². The van der Waals surface area contributed by atoms with Crippen LogP contribution in [0, 0.1) is 44.2 Å². The van der Waals surface area contributed by atoms with Gasteiger partial charge in [0.15, 0.2) is 0 Å². The van der Waals surface area contributed by atoms with Gasteiger partial charge in [-0.25, -0.2) is 4.99 Å². The Balaban J connectivity index is 2.19. The van der Waals surface area contributed by atoms with Crippen LogP contribution in [0.5, 0.6) is 0 Å². The molecule has 0 bridgehead atoms. The van der Waals surface area contributed by atoms with E-state index in [0.717, 1.165) is 11.6 Å². The van der Waals surface area contributed by atoms with Gasteiger partial charge >= 0.3 is 0 Å². The van der Waals surface area contributed by atoms with Crippen LogP contribution < -0.4 is 0 Å². The summed E-state index contributed by atoms with van der Waals surface area (Å²) in [6.07, 6.45) is 0. The molecule has 1 aliphatic rings. The zero-order valence-electron chi connectivity index (χ0n) is 16.4. The normalized spacial score (nSPS) is 13.0. The summed E-state index contributed by atoms with van der Waals surface area (Å²) >= 11 is 0. The standard InChI is InChI=1S/C21H14N4O6/c1-11-7-14-19(17(8-11)24(28)29)20-15(9-13(23(26)27)10-18(20)25(30)31)21(14)22-16-6-4-3-5-12(16)2/h3-10H,1-2H3. The number of non-ortho nitro benzene ring substituents is 1. The first-order valence-electron chi connectivity index (χ1n) is 9.10. The van der Waals surface area contributed by atoms with Gasteiger partial charge < -0.3 is 0 Å². The van der Waals surface area contributed by atoms with E-state index < -0.39 is 26.1 Å². The number of rotatable bonds is 4. The van der Waals surface area contributed by atoms with Crippen LogP contribution in [0.2, 0.25) is 0 Å². The summed E-state index contributed by atoms with van der Waals surface area (Å²) in [5.41, 5.74) is 1.21. The van der Waals surface area contributed by atoms with Gasteiger partial charge in [-0.3, -0.25) is 30.3 Å². The highest BCUT2D eigenvalue weighted by Gasteiger charge is 2.39. The Morgan fingerprint density at radius 3 is 1.90 bits per heavy atom. The van der Waals surface area contributed by atoms with Crippen LogP contribution in [0.25, 0.3) is 11.1 Å². The summed E-state index contributed by atoms with van der Waals surface area (Å²) in [7, 11) is 0. The summed E-state index contributed by atoms with van der Waals surface area (Å²) < 4.78 is 0. The maximum absolute atomic E-state index is 11.8. The molecule has 3 aromatic rings. The van der Waals surface area contributed by atoms with E-state index in [0.29, 0.717) is 16.8 Å². The highest BCUT2D eigenvalue weighted by atomic mass is 16.6. The van der Waals surface area contributed by atoms with E-state index in [1.807, 2.05) is 19.1 Å². The fraction of sp³-hybridized carbons (Fsp3) is 0.0952. The van der Waals surface area contributed by atoms with Gasteiger partial charge in [0.1, 0.15) is 0 Å². The quantitative estimate of drug-likeness (QED) is 0.330. The third-order valence-corrected chi connectivity index (χ3v) is 5.08. The van der Waals surface area contributed by atoms with Crippen LogP contribution in [-0.2, 0) is 0 Å². The summed E-state index contributed by atoms with van der Waals surface area (Å²) in [4.78, 5) is 37.5. The number of nitro benzene ring substituents is 3. The summed E-state index contributed by atoms with van der Waals surface area (Å²) in [6, 6.07) is 12.1. The molecule has 0 heterocycles. The molecule has 0 saturated carbocycles. The van der Waals surface area contributed by atoms with Crippen molar-refractivity contribution >= 4 is 28.5 Å². The molecule has 1 aliphatic carbocycles. The average Bonchev–Trinajstić information content (AvgIpc) is 3.01. The largest absolute Gasteiger partial charge is 0.285 e. The van der Waals surface area contributed by atoms with Crippen LogP contribution >= 0.6 is 0 Å². The molecule has 0 aliphatic heterocycles. The van der Waals surface area contributed by atoms with Gasteiger partial charge in [0.2, 0.25) is 0 Å². The van der Waals surface area contributed by atoms with Gasteiger partial charge in [-0.2, -0.15) is 0 Å². The van der Waals surface area contributed by atoms with Crippen LogP contribution in [0.4, 0.5) is 22.7 Å². The van der Waals surface area contributed by atoms with Gasteiger partial charge in [0.05, 0.1) is 43.4 Å². The van der Waals surface area contributed by atoms with Gasteiger partial charge in [0, 0.05) is 23.3 Å². The van der Waals surface area contributed by atoms with E-state index in [-0.39, 0.29) is 28.1 Å². The smallest absolute Gasteiger partial charge is 0.258 e. The minimum Gasteiger partial charge on any atom is -0.258 e. The number of nitro groups is 3. The van der Waals surface area contributed by atoms with Crippen molar-refractivity contribution in [2.24, 2.45) is 4.99 Å². The molecule has 0 aromatic heterocycles. The molecule has 10 nitrogen and oxygen atoms in total. The molecule has 31 heavy (non-hydrogen) atoms. The van der Waals surface area contributed by atoms with Crippen molar-refractivity contribution in [1.82, 2.24) is 0 Å². The number of nitrogens with zero attached hydrogens (tertiary/aromatic N) is 4. The maximum atomic E-state index is 11.8. The molecule has 0 saturated heterocycles. The zero-order valence-corrected chi connectivity index (χ0v) is 16.4. The molecular formula is C21H14N4O6. The predicted molar refractivity (Wildman–Crippen MR) is 113 cm³/mol. The van der Waals surface area contributed by atoms with E-state index in [9.17, 15) is 30.3 Å². The third-order valence-electron chi connectivity index (χ3n) is 5.08. The summed E-state index contributed by atoms with van der Waals surface area (Å²) in [5.74, 6) is 0. The Morgan fingerprint density at radius 2 is 1.32 bits per heavy atom. The highest BCUT2D eigenvalue weighted by Crippen LogP contribution is 2.49. The zero-order chi connectivity index (χ0) is 22.4. The van der Waals surface area contributed by atoms with Crippen LogP contribution in [-0.4, -0.2) is 20.5 Å². The molecule has 3 aromatic carbocycles. The second-order valence-electron chi connectivity index (χ2n) is 7.11. The molecular weight excluding hydrogens is 404 g/mol. The van der Waals surface area contributed by atoms with Gasteiger partial charge in [0.25, 0.3) is 17.1 Å². The number of hydrogen-bond acceptors (Lipinski definition) is 7. The Morgan fingerprint density at radius 1 is 0.742 bits per heavy atom. The molecule has 0 atom stereocenters. The second kappa shape index (κ2) is 7.10. The molecule has 4 rings (SSSR count). The summed E-state index contributed by atoms with van der Waals surface area (Å²) in [5, 5.41) is 35.0. The third kappa shape index (κ3) is 3.19. The molecule has 0 fully saturated rings. The second-order valence-corrected chi connectivity index (χ2v) is 7.11. The SMILES string of the molecule is Cc1cc2c(c([N+](=O)[O-])c1)-c1c(cc([N+](=O)[O-])cc1[N+](=O)[O-])C2=Nc1ccccc1C. The topological polar surface area (TPSA) is 142 Å². The summed E-state index contributed by atoms with van der Waals surface area (Å²) in [6.45, 7) is 3.49. The average molecular weight is 418 g/mol. The molecule has 0 radical (unpaired) electrons. The number of aliphatic imine (C=N–C) groups is 1. The number of benzene rings is 3. The molecule has 0 amide bonds. The minimum absolute atomic E-state index is 0.0374. The highest BCUT2D eigenvalue weighted by molar-refractivity contribution is 6.28. The Hall–Kier alpha value is -4.47. The Kier molecular flexibility index (Phi) is 4.54. The van der Waals surface area contributed by atoms with Crippen molar-refractivity contribution in [3.05, 3.63) is 101 Å². The van der Waals surface area contributed by atoms with Crippen molar-refractivity contribution in [2.75, 3.05) is 0 Å². The lowest BCUT2D eigenvalue weighted by Gasteiger charge is -2.06. The lowest BCUT2D eigenvalue weighted by atomic mass is 10.00. The van der Waals surface area contributed by atoms with Crippen molar-refractivity contribution in [2.45, 2.75) is 13.8 Å². The molecule has 154 valence electrons. The van der Waals surface area contributed by atoms with Crippen molar-refractivity contribution < 1.29 is 14.8 Å². The van der Waals surface area contributed by atoms with E-state index in [4.69, 9.17) is 0 Å². The van der Waals surface area contributed by atoms with E-state index in [1.54, 1.807) is 25.1 Å². The lowest BCUT2D eigenvalue weighted by molar-refractivity contribution is -0.394. The van der Waals surface area contributed by atoms with Gasteiger partial charge in [-0.1, -0.05) is 18.2 Å². The van der Waals surface area contributed by atoms with Crippen molar-refractivity contribution in [3.63, 3.8) is 0 Å². The molecule has 10 heteroatoms. The van der Waals surface area contributed by atoms with E-state index >= 15 is 0 Å². The first kappa shape index (κ1) is 19.8. The number of hydrogen-bond donors (Lipinski definition) is 0. The van der Waals surface area contributed by atoms with Gasteiger partial charge in [-0.05, 0) is 37.1 Å². The van der Waals surface area contributed by atoms with Crippen LogP contribution in [0.1, 0.15) is 22.3 Å². The minimum atomic E-state index is -0.768. The maximum Gasteiger partial charge on any atom is 0.285 e. The monoisotopic (exact) mass is 418 g/mol.